The van der Waals surface area contributed by atoms with Crippen molar-refractivity contribution in [1.29, 1.82) is 5.26 Å². The van der Waals surface area contributed by atoms with Crippen LogP contribution >= 0.6 is 0 Å². The van der Waals surface area contributed by atoms with Gasteiger partial charge in [0.1, 0.15) is 8.07 Å². The largest absolute Gasteiger partial charge is 0.397 e. The van der Waals surface area contributed by atoms with Crippen LogP contribution in [0.25, 0.3) is 16.6 Å². The first-order chi connectivity index (χ1) is 14.2. The number of benzene rings is 2. The highest BCUT2D eigenvalue weighted by Crippen LogP contribution is 2.41. The molecule has 3 rings (SSSR count). The van der Waals surface area contributed by atoms with Gasteiger partial charge in [0.25, 0.3) is 0 Å². The summed E-state index contributed by atoms with van der Waals surface area (Å²) >= 11 is 0. The number of hydrogen-bond donors (Lipinski definition) is 1. The standard InChI is InChI=1S/C26H31N3Si/c1-18(2)30(19(3)4,20(5)6)15-14-22-16-23-21(17-27)10-9-13-25(23)29(22)26-12-8-7-11-24(26)28/h7-13,16,18-20H,28H2,1-6H3. The lowest BCUT2D eigenvalue weighted by molar-refractivity contribution is 0.838. The fourth-order valence-corrected chi connectivity index (χ4v) is 10.2. The summed E-state index contributed by atoms with van der Waals surface area (Å²) in [6.45, 7) is 13.9. The normalized spacial score (nSPS) is 11.7. The molecule has 0 saturated carbocycles. The van der Waals surface area contributed by atoms with Crippen LogP contribution < -0.4 is 5.73 Å². The maximum absolute atomic E-state index is 9.63. The molecule has 0 saturated heterocycles. The molecule has 2 aromatic carbocycles. The number of nitriles is 1. The number of anilines is 1. The van der Waals surface area contributed by atoms with E-state index in [1.54, 1.807) is 0 Å². The first kappa shape index (κ1) is 21.7. The highest BCUT2D eigenvalue weighted by atomic mass is 28.3. The quantitative estimate of drug-likeness (QED) is 0.295. The number of nitrogen functional groups attached to an aromatic ring is 1. The fourth-order valence-electron chi connectivity index (χ4n) is 4.98. The summed E-state index contributed by atoms with van der Waals surface area (Å²) < 4.78 is 2.11. The molecule has 0 fully saturated rings. The third-order valence-corrected chi connectivity index (χ3v) is 12.7. The summed E-state index contributed by atoms with van der Waals surface area (Å²) in [5, 5.41) is 10.5. The lowest BCUT2D eigenvalue weighted by Gasteiger charge is -2.38. The van der Waals surface area contributed by atoms with E-state index in [1.807, 2.05) is 48.5 Å². The molecule has 1 heterocycles. The zero-order chi connectivity index (χ0) is 22.1. The Labute approximate surface area is 181 Å². The van der Waals surface area contributed by atoms with E-state index >= 15 is 0 Å². The molecule has 0 bridgehead atoms. The summed E-state index contributed by atoms with van der Waals surface area (Å²) in [7, 11) is -1.89. The summed E-state index contributed by atoms with van der Waals surface area (Å²) in [6, 6.07) is 18.0. The minimum atomic E-state index is -1.89. The van der Waals surface area contributed by atoms with Crippen molar-refractivity contribution in [2.45, 2.75) is 58.2 Å². The second-order valence-corrected chi connectivity index (χ2v) is 14.5. The van der Waals surface area contributed by atoms with E-state index in [9.17, 15) is 5.26 Å². The van der Waals surface area contributed by atoms with E-state index in [4.69, 9.17) is 5.73 Å². The van der Waals surface area contributed by atoms with Gasteiger partial charge in [0, 0.05) is 5.39 Å². The summed E-state index contributed by atoms with van der Waals surface area (Å²) in [4.78, 5) is 0. The number of nitrogens with two attached hydrogens (primary N) is 1. The molecule has 4 heteroatoms. The van der Waals surface area contributed by atoms with Gasteiger partial charge in [-0.3, -0.25) is 0 Å². The second kappa shape index (κ2) is 8.42. The van der Waals surface area contributed by atoms with Gasteiger partial charge in [-0.1, -0.05) is 65.7 Å². The van der Waals surface area contributed by atoms with Crippen LogP contribution in [-0.4, -0.2) is 12.6 Å². The fraction of sp³-hybridized carbons (Fsp3) is 0.346. The first-order valence-electron chi connectivity index (χ1n) is 10.7. The molecule has 0 aliphatic heterocycles. The van der Waals surface area contributed by atoms with Crippen molar-refractivity contribution in [3.8, 4) is 23.2 Å². The molecule has 0 unspecified atom stereocenters. The van der Waals surface area contributed by atoms with E-state index < -0.39 is 8.07 Å². The molecule has 154 valence electrons. The Kier molecular flexibility index (Phi) is 6.11. The van der Waals surface area contributed by atoms with Crippen LogP contribution in [0.5, 0.6) is 0 Å². The lowest BCUT2D eigenvalue weighted by Crippen LogP contribution is -2.43. The van der Waals surface area contributed by atoms with Gasteiger partial charge in [0.2, 0.25) is 0 Å². The average molecular weight is 414 g/mol. The number of hydrogen-bond acceptors (Lipinski definition) is 2. The number of para-hydroxylation sites is 2. The van der Waals surface area contributed by atoms with Crippen LogP contribution in [0.3, 0.4) is 0 Å². The highest BCUT2D eigenvalue weighted by molar-refractivity contribution is 6.90. The van der Waals surface area contributed by atoms with Gasteiger partial charge < -0.3 is 10.3 Å². The van der Waals surface area contributed by atoms with Crippen molar-refractivity contribution in [3.05, 3.63) is 59.8 Å². The van der Waals surface area contributed by atoms with Crippen LogP contribution in [-0.2, 0) is 0 Å². The number of nitrogens with zero attached hydrogens (tertiary/aromatic N) is 2. The summed E-state index contributed by atoms with van der Waals surface area (Å²) in [5.41, 5.74) is 15.9. The maximum atomic E-state index is 9.63. The van der Waals surface area contributed by atoms with Crippen molar-refractivity contribution in [3.63, 3.8) is 0 Å². The minimum Gasteiger partial charge on any atom is -0.397 e. The van der Waals surface area contributed by atoms with Gasteiger partial charge in [-0.05, 0) is 47.0 Å². The van der Waals surface area contributed by atoms with E-state index in [-0.39, 0.29) is 0 Å². The predicted octanol–water partition coefficient (Wildman–Crippen LogP) is 6.65. The number of aromatic nitrogens is 1. The molecule has 2 N–H and O–H groups in total. The van der Waals surface area contributed by atoms with Gasteiger partial charge in [-0.15, -0.1) is 5.54 Å². The van der Waals surface area contributed by atoms with E-state index in [0.717, 1.165) is 22.3 Å². The molecule has 30 heavy (non-hydrogen) atoms. The Balaban J connectivity index is 2.36. The van der Waals surface area contributed by atoms with Crippen LogP contribution in [0.4, 0.5) is 5.69 Å². The Hall–Kier alpha value is -2.95. The van der Waals surface area contributed by atoms with Gasteiger partial charge in [0.05, 0.1) is 34.2 Å². The first-order valence-corrected chi connectivity index (χ1v) is 12.9. The monoisotopic (exact) mass is 413 g/mol. The molecule has 0 amide bonds. The molecule has 1 aromatic heterocycles. The van der Waals surface area contributed by atoms with E-state index in [0.29, 0.717) is 27.9 Å². The Bertz CT molecular complexity index is 1140. The smallest absolute Gasteiger partial charge is 0.146 e. The summed E-state index contributed by atoms with van der Waals surface area (Å²) in [5.74, 6) is 3.57. The van der Waals surface area contributed by atoms with Crippen molar-refractivity contribution >= 4 is 24.7 Å². The molecule has 0 aliphatic carbocycles. The zero-order valence-corrected chi connectivity index (χ0v) is 19.8. The SMILES string of the molecule is CC(C)[Si](C#Cc1cc2c(C#N)cccc2n1-c1ccccc1N)(C(C)C)C(C)C. The van der Waals surface area contributed by atoms with Crippen molar-refractivity contribution < 1.29 is 0 Å². The van der Waals surface area contributed by atoms with Gasteiger partial charge in [-0.25, -0.2) is 0 Å². The van der Waals surface area contributed by atoms with Crippen LogP contribution in [0.15, 0.2) is 48.5 Å². The third-order valence-electron chi connectivity index (χ3n) is 6.42. The topological polar surface area (TPSA) is 54.7 Å². The molecule has 3 aromatic rings. The van der Waals surface area contributed by atoms with E-state index in [1.165, 1.54) is 0 Å². The molecule has 0 spiro atoms. The molecule has 0 atom stereocenters. The molecule has 0 radical (unpaired) electrons. The zero-order valence-electron chi connectivity index (χ0n) is 18.8. The Morgan fingerprint density at radius 2 is 1.53 bits per heavy atom. The van der Waals surface area contributed by atoms with Crippen molar-refractivity contribution in [2.24, 2.45) is 0 Å². The van der Waals surface area contributed by atoms with Gasteiger partial charge >= 0.3 is 0 Å². The van der Waals surface area contributed by atoms with Crippen molar-refractivity contribution in [1.82, 2.24) is 4.57 Å². The third kappa shape index (κ3) is 3.53. The lowest BCUT2D eigenvalue weighted by atomic mass is 10.1. The second-order valence-electron chi connectivity index (χ2n) is 8.92. The number of fused-ring (bicyclic) bond motifs is 1. The number of rotatable bonds is 4. The molecule has 3 nitrogen and oxygen atoms in total. The van der Waals surface area contributed by atoms with Gasteiger partial charge in [-0.2, -0.15) is 5.26 Å². The van der Waals surface area contributed by atoms with Crippen LogP contribution in [0.1, 0.15) is 52.8 Å². The minimum absolute atomic E-state index is 0.555. The Morgan fingerprint density at radius 1 is 0.900 bits per heavy atom. The molecule has 0 aliphatic rings. The van der Waals surface area contributed by atoms with Crippen molar-refractivity contribution in [2.75, 3.05) is 5.73 Å². The van der Waals surface area contributed by atoms with Crippen LogP contribution in [0, 0.1) is 22.8 Å². The molecular formula is C26H31N3Si. The highest BCUT2D eigenvalue weighted by Gasteiger charge is 2.41. The predicted molar refractivity (Wildman–Crippen MR) is 130 cm³/mol. The summed E-state index contributed by atoms with van der Waals surface area (Å²) in [6.07, 6.45) is 0. The Morgan fingerprint density at radius 3 is 2.10 bits per heavy atom. The average Bonchev–Trinajstić information content (AvgIpc) is 3.06. The van der Waals surface area contributed by atoms with E-state index in [2.05, 4.69) is 63.6 Å². The maximum Gasteiger partial charge on any atom is 0.146 e. The molecular weight excluding hydrogens is 382 g/mol. The van der Waals surface area contributed by atoms with Crippen LogP contribution in [0.2, 0.25) is 16.6 Å². The van der Waals surface area contributed by atoms with Gasteiger partial charge in [0.15, 0.2) is 0 Å².